The van der Waals surface area contributed by atoms with Gasteiger partial charge in [-0.2, -0.15) is 19.0 Å². The van der Waals surface area contributed by atoms with E-state index in [1.54, 1.807) is 11.0 Å². The van der Waals surface area contributed by atoms with Crippen molar-refractivity contribution in [3.63, 3.8) is 0 Å². The molecule has 0 N–H and O–H groups in total. The van der Waals surface area contributed by atoms with Crippen molar-refractivity contribution in [2.45, 2.75) is 38.5 Å². The van der Waals surface area contributed by atoms with Crippen molar-refractivity contribution in [3.05, 3.63) is 23.9 Å². The molecular formula is C21H23F3N6O2. The predicted molar refractivity (Wildman–Crippen MR) is 110 cm³/mol. The van der Waals surface area contributed by atoms with E-state index in [4.69, 9.17) is 9.47 Å². The Balaban J connectivity index is 1.72. The molecule has 3 aromatic rings. The molecule has 32 heavy (non-hydrogen) atoms. The Kier molecular flexibility index (Phi) is 4.51. The third kappa shape index (κ3) is 3.13. The number of imidazole rings is 1. The van der Waals surface area contributed by atoms with E-state index >= 15 is 4.39 Å². The van der Waals surface area contributed by atoms with Gasteiger partial charge in [0.2, 0.25) is 11.8 Å². The standard InChI is InChI=1S/C21H23F3N6O2/c1-20(2)9-29(10-21(20,23)24)14-7-13(12-8-25-19(32-4)27-18(12)31-3)28-30-16(22)15(11-5-6-11)26-17(14)30/h7-8,11H,5-6,9-10H2,1-4H3. The summed E-state index contributed by atoms with van der Waals surface area (Å²) >= 11 is 0. The van der Waals surface area contributed by atoms with Crippen LogP contribution in [0.2, 0.25) is 0 Å². The topological polar surface area (TPSA) is 77.7 Å². The molecule has 0 atom stereocenters. The van der Waals surface area contributed by atoms with Crippen LogP contribution in [-0.2, 0) is 0 Å². The molecule has 1 aliphatic carbocycles. The summed E-state index contributed by atoms with van der Waals surface area (Å²) in [4.78, 5) is 14.3. The van der Waals surface area contributed by atoms with Crippen LogP contribution in [0.5, 0.6) is 11.9 Å². The fourth-order valence-corrected chi connectivity index (χ4v) is 4.03. The lowest BCUT2D eigenvalue weighted by Crippen LogP contribution is -2.34. The minimum Gasteiger partial charge on any atom is -0.480 e. The fourth-order valence-electron chi connectivity index (χ4n) is 4.03. The molecular weight excluding hydrogens is 425 g/mol. The second kappa shape index (κ2) is 6.94. The zero-order valence-corrected chi connectivity index (χ0v) is 18.2. The van der Waals surface area contributed by atoms with E-state index in [2.05, 4.69) is 20.1 Å². The predicted octanol–water partition coefficient (Wildman–Crippen LogP) is 3.70. The minimum absolute atomic E-state index is 0.0308. The first-order valence-corrected chi connectivity index (χ1v) is 10.3. The van der Waals surface area contributed by atoms with Gasteiger partial charge in [0.05, 0.1) is 32.0 Å². The first kappa shape index (κ1) is 20.8. The highest BCUT2D eigenvalue weighted by molar-refractivity contribution is 5.77. The molecule has 3 aromatic heterocycles. The van der Waals surface area contributed by atoms with Crippen molar-refractivity contribution in [3.8, 4) is 23.1 Å². The Bertz CT molecular complexity index is 1190. The van der Waals surface area contributed by atoms with Crippen molar-refractivity contribution >= 4 is 11.3 Å². The van der Waals surface area contributed by atoms with E-state index in [0.717, 1.165) is 17.4 Å². The quantitative estimate of drug-likeness (QED) is 0.589. The molecule has 2 aliphatic rings. The van der Waals surface area contributed by atoms with Crippen LogP contribution in [0.3, 0.4) is 0 Å². The van der Waals surface area contributed by atoms with Gasteiger partial charge in [-0.25, -0.2) is 18.7 Å². The largest absolute Gasteiger partial charge is 0.480 e. The SMILES string of the molecule is COc1ncc(-c2cc(N3CC(C)(C)C(F)(F)C3)c3nc(C4CC4)c(F)n3n2)c(OC)n1. The van der Waals surface area contributed by atoms with E-state index in [1.165, 1.54) is 34.3 Å². The molecule has 0 unspecified atom stereocenters. The summed E-state index contributed by atoms with van der Waals surface area (Å²) in [5.74, 6) is -3.30. The molecule has 170 valence electrons. The van der Waals surface area contributed by atoms with Crippen LogP contribution >= 0.6 is 0 Å². The second-order valence-corrected chi connectivity index (χ2v) is 8.94. The van der Waals surface area contributed by atoms with Gasteiger partial charge < -0.3 is 14.4 Å². The maximum atomic E-state index is 15.3. The maximum Gasteiger partial charge on any atom is 0.319 e. The van der Waals surface area contributed by atoms with Gasteiger partial charge in [0.1, 0.15) is 11.4 Å². The number of nitrogens with zero attached hydrogens (tertiary/aromatic N) is 6. The summed E-state index contributed by atoms with van der Waals surface area (Å²) in [5, 5.41) is 4.41. The van der Waals surface area contributed by atoms with Gasteiger partial charge in [0.25, 0.3) is 5.92 Å². The highest BCUT2D eigenvalue weighted by Gasteiger charge is 2.54. The number of methoxy groups -OCH3 is 2. The second-order valence-electron chi connectivity index (χ2n) is 8.94. The van der Waals surface area contributed by atoms with Crippen LogP contribution in [0, 0.1) is 11.4 Å². The number of fused-ring (bicyclic) bond motifs is 1. The summed E-state index contributed by atoms with van der Waals surface area (Å²) < 4.78 is 56.1. The lowest BCUT2D eigenvalue weighted by molar-refractivity contribution is -0.0642. The highest BCUT2D eigenvalue weighted by atomic mass is 19.3. The Labute approximate surface area is 182 Å². The molecule has 4 heterocycles. The summed E-state index contributed by atoms with van der Waals surface area (Å²) in [5.41, 5.74) is 0.318. The fraction of sp³-hybridized carbons (Fsp3) is 0.524. The van der Waals surface area contributed by atoms with Gasteiger partial charge in [-0.3, -0.25) is 0 Å². The Morgan fingerprint density at radius 1 is 1.09 bits per heavy atom. The van der Waals surface area contributed by atoms with E-state index in [9.17, 15) is 8.78 Å². The average molecular weight is 448 g/mol. The van der Waals surface area contributed by atoms with Gasteiger partial charge in [0, 0.05) is 24.1 Å². The Hall–Kier alpha value is -3.11. The number of aromatic nitrogens is 5. The van der Waals surface area contributed by atoms with Crippen LogP contribution in [0.25, 0.3) is 16.9 Å². The monoisotopic (exact) mass is 448 g/mol. The van der Waals surface area contributed by atoms with Crippen LogP contribution in [0.15, 0.2) is 12.3 Å². The van der Waals surface area contributed by atoms with E-state index in [-0.39, 0.29) is 35.7 Å². The van der Waals surface area contributed by atoms with Gasteiger partial charge in [-0.15, -0.1) is 0 Å². The number of hydrogen-bond acceptors (Lipinski definition) is 7. The first-order valence-electron chi connectivity index (χ1n) is 10.3. The number of anilines is 1. The summed E-state index contributed by atoms with van der Waals surface area (Å²) in [6, 6.07) is 1.71. The lowest BCUT2D eigenvalue weighted by atomic mass is 9.89. The number of halogens is 3. The van der Waals surface area contributed by atoms with Crippen LogP contribution in [0.1, 0.15) is 38.3 Å². The molecule has 1 aliphatic heterocycles. The zero-order valence-electron chi connectivity index (χ0n) is 18.2. The minimum atomic E-state index is -2.92. The molecule has 0 radical (unpaired) electrons. The third-order valence-corrected chi connectivity index (χ3v) is 6.19. The van der Waals surface area contributed by atoms with Crippen molar-refractivity contribution in [2.75, 3.05) is 32.2 Å². The van der Waals surface area contributed by atoms with Crippen LogP contribution in [-0.4, -0.2) is 57.8 Å². The molecule has 2 fully saturated rings. The number of rotatable bonds is 5. The van der Waals surface area contributed by atoms with Crippen molar-refractivity contribution in [2.24, 2.45) is 5.41 Å². The smallest absolute Gasteiger partial charge is 0.319 e. The van der Waals surface area contributed by atoms with Crippen molar-refractivity contribution in [1.29, 1.82) is 0 Å². The zero-order chi connectivity index (χ0) is 22.8. The molecule has 11 heteroatoms. The lowest BCUT2D eigenvalue weighted by Gasteiger charge is -2.24. The summed E-state index contributed by atoms with van der Waals surface area (Å²) in [6.07, 6.45) is 3.14. The number of hydrogen-bond donors (Lipinski definition) is 0. The van der Waals surface area contributed by atoms with Crippen molar-refractivity contribution < 1.29 is 22.6 Å². The van der Waals surface area contributed by atoms with E-state index in [1.807, 2.05) is 0 Å². The molecule has 1 saturated heterocycles. The van der Waals surface area contributed by atoms with Crippen LogP contribution in [0.4, 0.5) is 18.9 Å². The molecule has 8 nitrogen and oxygen atoms in total. The van der Waals surface area contributed by atoms with E-state index < -0.39 is 23.8 Å². The third-order valence-electron chi connectivity index (χ3n) is 6.19. The Morgan fingerprint density at radius 3 is 2.44 bits per heavy atom. The van der Waals surface area contributed by atoms with E-state index in [0.29, 0.717) is 16.9 Å². The maximum absolute atomic E-state index is 15.3. The molecule has 0 spiro atoms. The van der Waals surface area contributed by atoms with Crippen LogP contribution < -0.4 is 14.4 Å². The molecule has 5 rings (SSSR count). The summed E-state index contributed by atoms with van der Waals surface area (Å²) in [6.45, 7) is 2.63. The van der Waals surface area contributed by atoms with Gasteiger partial charge in [-0.1, -0.05) is 13.8 Å². The normalized spacial score (nSPS) is 19.5. The summed E-state index contributed by atoms with van der Waals surface area (Å²) in [7, 11) is 2.85. The number of alkyl halides is 2. The Morgan fingerprint density at radius 2 is 1.84 bits per heavy atom. The van der Waals surface area contributed by atoms with Gasteiger partial charge in [-0.05, 0) is 18.9 Å². The molecule has 0 bridgehead atoms. The van der Waals surface area contributed by atoms with Gasteiger partial charge in [0.15, 0.2) is 5.65 Å². The average Bonchev–Trinajstić information content (AvgIpc) is 3.51. The molecule has 1 saturated carbocycles. The molecule has 0 aromatic carbocycles. The van der Waals surface area contributed by atoms with Crippen molar-refractivity contribution in [1.82, 2.24) is 24.6 Å². The number of ether oxygens (including phenoxy) is 2. The van der Waals surface area contributed by atoms with Gasteiger partial charge >= 0.3 is 6.01 Å². The first-order chi connectivity index (χ1) is 15.1. The molecule has 0 amide bonds. The highest BCUT2D eigenvalue weighted by Crippen LogP contribution is 2.47.